The van der Waals surface area contributed by atoms with Gasteiger partial charge in [0.05, 0.1) is 17.4 Å². The van der Waals surface area contributed by atoms with Crippen LogP contribution in [0, 0.1) is 0 Å². The molecule has 1 amide bonds. The normalized spacial score (nSPS) is 15.5. The summed E-state index contributed by atoms with van der Waals surface area (Å²) in [6.45, 7) is 1.39. The number of imidazole rings is 1. The van der Waals surface area contributed by atoms with E-state index in [1.54, 1.807) is 6.33 Å². The van der Waals surface area contributed by atoms with Crippen molar-refractivity contribution >= 4 is 28.5 Å². The van der Waals surface area contributed by atoms with Gasteiger partial charge in [0.15, 0.2) is 0 Å². The predicted octanol–water partition coefficient (Wildman–Crippen LogP) is 3.90. The Kier molecular flexibility index (Phi) is 4.32. The van der Waals surface area contributed by atoms with Crippen LogP contribution in [0.4, 0.5) is 0 Å². The van der Waals surface area contributed by atoms with Crippen LogP contribution in [-0.2, 0) is 0 Å². The molecule has 5 nitrogen and oxygen atoms in total. The first kappa shape index (κ1) is 16.0. The Morgan fingerprint density at radius 3 is 2.68 bits per heavy atom. The van der Waals surface area contributed by atoms with Gasteiger partial charge in [0, 0.05) is 36.5 Å². The van der Waals surface area contributed by atoms with Crippen molar-refractivity contribution in [2.75, 3.05) is 13.1 Å². The third-order valence-corrected chi connectivity index (χ3v) is 4.76. The van der Waals surface area contributed by atoms with Crippen LogP contribution >= 0.6 is 11.6 Å². The number of fused-ring (bicyclic) bond motifs is 1. The number of ether oxygens (including phenoxy) is 1. The number of aromatic nitrogens is 2. The largest absolute Gasteiger partial charge is 0.490 e. The summed E-state index contributed by atoms with van der Waals surface area (Å²) in [6, 6.07) is 13.0. The Bertz CT molecular complexity index is 883. The smallest absolute Gasteiger partial charge is 0.253 e. The minimum absolute atomic E-state index is 0.0569. The molecule has 3 aromatic rings. The first-order chi connectivity index (χ1) is 12.2. The predicted molar refractivity (Wildman–Crippen MR) is 97.1 cm³/mol. The molecule has 1 aliphatic heterocycles. The van der Waals surface area contributed by atoms with Gasteiger partial charge in [-0.2, -0.15) is 0 Å². The highest BCUT2D eigenvalue weighted by molar-refractivity contribution is 6.30. The van der Waals surface area contributed by atoms with Crippen molar-refractivity contribution in [1.29, 1.82) is 0 Å². The van der Waals surface area contributed by atoms with E-state index in [1.165, 1.54) is 0 Å². The molecule has 0 bridgehead atoms. The second-order valence-electron chi connectivity index (χ2n) is 6.20. The standard InChI is InChI=1S/C19H18ClN3O2/c20-14-2-4-15(5-3-14)25-16-7-9-23(10-8-16)19(24)13-1-6-17-18(11-13)22-12-21-17/h1-6,11-12,16H,7-10H2,(H,21,22). The number of likely N-dealkylation sites (tertiary alicyclic amines) is 1. The van der Waals surface area contributed by atoms with Crippen LogP contribution in [-0.4, -0.2) is 40.0 Å². The summed E-state index contributed by atoms with van der Waals surface area (Å²) in [5, 5.41) is 0.696. The number of carbonyl (C=O) groups excluding carboxylic acids is 1. The zero-order chi connectivity index (χ0) is 17.2. The van der Waals surface area contributed by atoms with Gasteiger partial charge in [0.25, 0.3) is 5.91 Å². The SMILES string of the molecule is O=C(c1ccc2nc[nH]c2c1)N1CCC(Oc2ccc(Cl)cc2)CC1. The summed E-state index contributed by atoms with van der Waals surface area (Å²) in [4.78, 5) is 21.8. The average molecular weight is 356 g/mol. The van der Waals surface area contributed by atoms with E-state index in [1.807, 2.05) is 47.4 Å². The number of nitrogens with zero attached hydrogens (tertiary/aromatic N) is 2. The molecule has 1 N–H and O–H groups in total. The molecular formula is C19H18ClN3O2. The van der Waals surface area contributed by atoms with Gasteiger partial charge in [-0.25, -0.2) is 4.98 Å². The quantitative estimate of drug-likeness (QED) is 0.775. The molecule has 1 aliphatic rings. The average Bonchev–Trinajstić information content (AvgIpc) is 3.11. The van der Waals surface area contributed by atoms with Crippen LogP contribution in [0.25, 0.3) is 11.0 Å². The molecule has 1 aromatic heterocycles. The topological polar surface area (TPSA) is 58.2 Å². The zero-order valence-corrected chi connectivity index (χ0v) is 14.4. The van der Waals surface area contributed by atoms with Crippen LogP contribution < -0.4 is 4.74 Å². The molecule has 1 saturated heterocycles. The van der Waals surface area contributed by atoms with Gasteiger partial charge in [0.2, 0.25) is 0 Å². The van der Waals surface area contributed by atoms with E-state index >= 15 is 0 Å². The van der Waals surface area contributed by atoms with E-state index in [-0.39, 0.29) is 12.0 Å². The summed E-state index contributed by atoms with van der Waals surface area (Å²) in [6.07, 6.45) is 3.40. The lowest BCUT2D eigenvalue weighted by atomic mass is 10.1. The summed E-state index contributed by atoms with van der Waals surface area (Å²) in [5.74, 6) is 0.875. The Labute approximate surface area is 150 Å². The third-order valence-electron chi connectivity index (χ3n) is 4.51. The number of H-pyrrole nitrogens is 1. The van der Waals surface area contributed by atoms with Gasteiger partial charge in [-0.3, -0.25) is 4.79 Å². The minimum Gasteiger partial charge on any atom is -0.490 e. The third kappa shape index (κ3) is 3.46. The monoisotopic (exact) mass is 355 g/mol. The maximum Gasteiger partial charge on any atom is 0.253 e. The van der Waals surface area contributed by atoms with Crippen molar-refractivity contribution in [3.63, 3.8) is 0 Å². The molecule has 128 valence electrons. The van der Waals surface area contributed by atoms with Crippen LogP contribution in [0.15, 0.2) is 48.8 Å². The molecule has 4 rings (SSSR count). The second-order valence-corrected chi connectivity index (χ2v) is 6.63. The van der Waals surface area contributed by atoms with E-state index in [0.717, 1.165) is 29.6 Å². The highest BCUT2D eigenvalue weighted by atomic mass is 35.5. The van der Waals surface area contributed by atoms with E-state index < -0.39 is 0 Å². The fraction of sp³-hybridized carbons (Fsp3) is 0.263. The van der Waals surface area contributed by atoms with Gasteiger partial charge in [-0.15, -0.1) is 0 Å². The second kappa shape index (κ2) is 6.76. The molecule has 0 spiro atoms. The molecule has 25 heavy (non-hydrogen) atoms. The van der Waals surface area contributed by atoms with Gasteiger partial charge in [-0.05, 0) is 42.5 Å². The van der Waals surface area contributed by atoms with Crippen LogP contribution in [0.3, 0.4) is 0 Å². The first-order valence-electron chi connectivity index (χ1n) is 8.34. The molecule has 0 unspecified atom stereocenters. The number of halogens is 1. The zero-order valence-electron chi connectivity index (χ0n) is 13.6. The molecule has 6 heteroatoms. The summed E-state index contributed by atoms with van der Waals surface area (Å²) in [7, 11) is 0. The van der Waals surface area contributed by atoms with Crippen molar-refractivity contribution < 1.29 is 9.53 Å². The molecule has 2 aromatic carbocycles. The highest BCUT2D eigenvalue weighted by Gasteiger charge is 2.25. The van der Waals surface area contributed by atoms with Crippen molar-refractivity contribution in [3.8, 4) is 5.75 Å². The van der Waals surface area contributed by atoms with Gasteiger partial charge >= 0.3 is 0 Å². The van der Waals surface area contributed by atoms with Crippen LogP contribution in [0.2, 0.25) is 5.02 Å². The van der Waals surface area contributed by atoms with Crippen molar-refractivity contribution in [2.24, 2.45) is 0 Å². The molecular weight excluding hydrogens is 338 g/mol. The molecule has 2 heterocycles. The fourth-order valence-electron chi connectivity index (χ4n) is 3.13. The highest BCUT2D eigenvalue weighted by Crippen LogP contribution is 2.22. The maximum atomic E-state index is 12.7. The number of carbonyl (C=O) groups is 1. The van der Waals surface area contributed by atoms with Crippen molar-refractivity contribution in [1.82, 2.24) is 14.9 Å². The number of benzene rings is 2. The molecule has 1 fully saturated rings. The maximum absolute atomic E-state index is 12.7. The summed E-state index contributed by atoms with van der Waals surface area (Å²) < 4.78 is 5.98. The van der Waals surface area contributed by atoms with E-state index in [4.69, 9.17) is 16.3 Å². The summed E-state index contributed by atoms with van der Waals surface area (Å²) in [5.41, 5.74) is 2.44. The van der Waals surface area contributed by atoms with Crippen molar-refractivity contribution in [2.45, 2.75) is 18.9 Å². The lowest BCUT2D eigenvalue weighted by Crippen LogP contribution is -2.41. The number of nitrogens with one attached hydrogen (secondary N) is 1. The van der Waals surface area contributed by atoms with Gasteiger partial charge in [0.1, 0.15) is 11.9 Å². The lowest BCUT2D eigenvalue weighted by molar-refractivity contribution is 0.0595. The van der Waals surface area contributed by atoms with E-state index in [0.29, 0.717) is 23.7 Å². The number of hydrogen-bond acceptors (Lipinski definition) is 3. The number of aromatic amines is 1. The number of piperidine rings is 1. The molecule has 0 aliphatic carbocycles. The molecule has 0 radical (unpaired) electrons. The minimum atomic E-state index is 0.0569. The summed E-state index contributed by atoms with van der Waals surface area (Å²) >= 11 is 5.89. The Hall–Kier alpha value is -2.53. The molecule has 0 atom stereocenters. The van der Waals surface area contributed by atoms with Gasteiger partial charge in [-0.1, -0.05) is 11.6 Å². The van der Waals surface area contributed by atoms with Crippen molar-refractivity contribution in [3.05, 3.63) is 59.4 Å². The molecule has 0 saturated carbocycles. The number of amides is 1. The van der Waals surface area contributed by atoms with Crippen LogP contribution in [0.5, 0.6) is 5.75 Å². The Morgan fingerprint density at radius 1 is 1.16 bits per heavy atom. The van der Waals surface area contributed by atoms with E-state index in [9.17, 15) is 4.79 Å². The fourth-order valence-corrected chi connectivity index (χ4v) is 3.26. The first-order valence-corrected chi connectivity index (χ1v) is 8.71. The van der Waals surface area contributed by atoms with Gasteiger partial charge < -0.3 is 14.6 Å². The number of rotatable bonds is 3. The number of hydrogen-bond donors (Lipinski definition) is 1. The Morgan fingerprint density at radius 2 is 1.92 bits per heavy atom. The van der Waals surface area contributed by atoms with E-state index in [2.05, 4.69) is 9.97 Å². The van der Waals surface area contributed by atoms with Crippen LogP contribution in [0.1, 0.15) is 23.2 Å². The Balaban J connectivity index is 1.37. The lowest BCUT2D eigenvalue weighted by Gasteiger charge is -2.32.